The predicted molar refractivity (Wildman–Crippen MR) is 125 cm³/mol. The first-order valence-electron chi connectivity index (χ1n) is 9.62. The van der Waals surface area contributed by atoms with Crippen molar-refractivity contribution in [3.05, 3.63) is 76.6 Å². The summed E-state index contributed by atoms with van der Waals surface area (Å²) in [5, 5.41) is 3.82. The number of hydrogen-bond donors (Lipinski definition) is 0. The summed E-state index contributed by atoms with van der Waals surface area (Å²) in [4.78, 5) is 28.6. The van der Waals surface area contributed by atoms with Gasteiger partial charge in [0.25, 0.3) is 0 Å². The Morgan fingerprint density at radius 3 is 2.60 bits per heavy atom. The molecule has 1 amide bonds. The van der Waals surface area contributed by atoms with Crippen molar-refractivity contribution in [3.63, 3.8) is 0 Å². The highest BCUT2D eigenvalue weighted by Crippen LogP contribution is 2.27. The molecule has 4 aromatic rings. The molecular formula is C23H22N4OS2. The zero-order valence-electron chi connectivity index (χ0n) is 17.1. The third-order valence-electron chi connectivity index (χ3n) is 4.73. The number of aryl methyl sites for hydroxylation is 2. The third kappa shape index (κ3) is 4.68. The molecule has 0 radical (unpaired) electrons. The summed E-state index contributed by atoms with van der Waals surface area (Å²) in [5.41, 5.74) is 3.08. The Morgan fingerprint density at radius 2 is 1.80 bits per heavy atom. The molecule has 0 spiro atoms. The van der Waals surface area contributed by atoms with Gasteiger partial charge in [-0.1, -0.05) is 54.2 Å². The van der Waals surface area contributed by atoms with Crippen LogP contribution >= 0.6 is 23.1 Å². The number of anilines is 1. The minimum absolute atomic E-state index is 0.0196. The Labute approximate surface area is 184 Å². The molecule has 30 heavy (non-hydrogen) atoms. The van der Waals surface area contributed by atoms with Crippen molar-refractivity contribution in [1.29, 1.82) is 0 Å². The van der Waals surface area contributed by atoms with Crippen LogP contribution in [0.4, 0.5) is 5.13 Å². The quantitative estimate of drug-likeness (QED) is 0.314. The smallest absolute Gasteiger partial charge is 0.238 e. The fourth-order valence-corrected chi connectivity index (χ4v) is 5.03. The molecule has 4 rings (SSSR count). The number of amides is 1. The second-order valence-electron chi connectivity index (χ2n) is 7.10. The molecule has 0 unspecified atom stereocenters. The number of nitrogens with zero attached hydrogens (tertiary/aromatic N) is 4. The van der Waals surface area contributed by atoms with Crippen molar-refractivity contribution in [2.45, 2.75) is 25.4 Å². The van der Waals surface area contributed by atoms with E-state index in [4.69, 9.17) is 0 Å². The van der Waals surface area contributed by atoms with Gasteiger partial charge in [-0.2, -0.15) is 0 Å². The van der Waals surface area contributed by atoms with Gasteiger partial charge in [-0.15, -0.1) is 11.3 Å². The topological polar surface area (TPSA) is 59.0 Å². The highest BCUT2D eigenvalue weighted by molar-refractivity contribution is 7.99. The maximum absolute atomic E-state index is 12.6. The number of carbonyl (C=O) groups is 1. The van der Waals surface area contributed by atoms with E-state index >= 15 is 0 Å². The summed E-state index contributed by atoms with van der Waals surface area (Å²) in [6.07, 6.45) is 2.66. The fourth-order valence-electron chi connectivity index (χ4n) is 3.26. The Balaban J connectivity index is 1.43. The van der Waals surface area contributed by atoms with E-state index in [2.05, 4.69) is 57.4 Å². The molecule has 152 valence electrons. The van der Waals surface area contributed by atoms with E-state index in [0.29, 0.717) is 10.3 Å². The van der Waals surface area contributed by atoms with Gasteiger partial charge in [-0.25, -0.2) is 15.0 Å². The number of aromatic nitrogens is 3. The minimum atomic E-state index is -0.0196. The number of thiazole rings is 1. The monoisotopic (exact) mass is 434 g/mol. The molecule has 2 aromatic heterocycles. The second-order valence-corrected chi connectivity index (χ2v) is 9.14. The van der Waals surface area contributed by atoms with Crippen LogP contribution in [0.25, 0.3) is 10.8 Å². The molecule has 0 aliphatic heterocycles. The summed E-state index contributed by atoms with van der Waals surface area (Å²) in [7, 11) is 1.77. The lowest BCUT2D eigenvalue weighted by atomic mass is 10.0. The van der Waals surface area contributed by atoms with Gasteiger partial charge in [0.15, 0.2) is 10.3 Å². The van der Waals surface area contributed by atoms with Crippen LogP contribution in [0.2, 0.25) is 0 Å². The third-order valence-corrected chi connectivity index (χ3v) is 6.64. The van der Waals surface area contributed by atoms with Gasteiger partial charge in [0.1, 0.15) is 0 Å². The lowest BCUT2D eigenvalue weighted by Gasteiger charge is -2.13. The Hall–Kier alpha value is -2.77. The molecule has 0 N–H and O–H groups in total. The molecular weight excluding hydrogens is 412 g/mol. The molecule has 0 fully saturated rings. The molecule has 0 saturated heterocycles. The first-order chi connectivity index (χ1) is 14.5. The zero-order chi connectivity index (χ0) is 21.1. The van der Waals surface area contributed by atoms with Crippen molar-refractivity contribution in [2.24, 2.45) is 0 Å². The standard InChI is InChI=1S/C23H22N4OS2/c1-15-11-16(2)26-22(25-15)29-14-21(28)27(3)23-24-13-19(30-23)12-18-9-6-8-17-7-4-5-10-20(17)18/h4-11,13H,12,14H2,1-3H3. The van der Waals surface area contributed by atoms with Crippen LogP contribution in [0.15, 0.2) is 59.9 Å². The molecule has 0 bridgehead atoms. The largest absolute Gasteiger partial charge is 0.291 e. The minimum Gasteiger partial charge on any atom is -0.291 e. The van der Waals surface area contributed by atoms with Crippen LogP contribution < -0.4 is 4.90 Å². The average Bonchev–Trinajstić information content (AvgIpc) is 3.19. The normalized spacial score (nSPS) is 11.0. The maximum atomic E-state index is 12.6. The molecule has 2 heterocycles. The van der Waals surface area contributed by atoms with E-state index in [-0.39, 0.29) is 11.7 Å². The van der Waals surface area contributed by atoms with Crippen molar-refractivity contribution in [3.8, 4) is 0 Å². The highest BCUT2D eigenvalue weighted by atomic mass is 32.2. The summed E-state index contributed by atoms with van der Waals surface area (Å²) >= 11 is 2.91. The van der Waals surface area contributed by atoms with Crippen LogP contribution in [-0.2, 0) is 11.2 Å². The summed E-state index contributed by atoms with van der Waals surface area (Å²) in [6, 6.07) is 16.7. The van der Waals surface area contributed by atoms with Crippen LogP contribution in [0.5, 0.6) is 0 Å². The van der Waals surface area contributed by atoms with Gasteiger partial charge in [-0.05, 0) is 36.2 Å². The van der Waals surface area contributed by atoms with E-state index in [1.807, 2.05) is 26.1 Å². The summed E-state index contributed by atoms with van der Waals surface area (Å²) < 4.78 is 0. The van der Waals surface area contributed by atoms with Gasteiger partial charge in [-0.3, -0.25) is 9.69 Å². The zero-order valence-corrected chi connectivity index (χ0v) is 18.8. The first-order valence-corrected chi connectivity index (χ1v) is 11.4. The Bertz CT molecular complexity index is 1180. The molecule has 0 saturated carbocycles. The van der Waals surface area contributed by atoms with E-state index < -0.39 is 0 Å². The number of rotatable bonds is 6. The number of thioether (sulfide) groups is 1. The van der Waals surface area contributed by atoms with Crippen LogP contribution in [0.1, 0.15) is 21.8 Å². The molecule has 0 aliphatic carbocycles. The van der Waals surface area contributed by atoms with Gasteiger partial charge < -0.3 is 0 Å². The van der Waals surface area contributed by atoms with E-state index in [1.165, 1.54) is 28.1 Å². The van der Waals surface area contributed by atoms with Crippen molar-refractivity contribution >= 4 is 44.9 Å². The van der Waals surface area contributed by atoms with Gasteiger partial charge in [0, 0.05) is 35.9 Å². The highest BCUT2D eigenvalue weighted by Gasteiger charge is 2.16. The number of hydrogen-bond acceptors (Lipinski definition) is 6. The van der Waals surface area contributed by atoms with Gasteiger partial charge >= 0.3 is 0 Å². The lowest BCUT2D eigenvalue weighted by molar-refractivity contribution is -0.115. The summed E-state index contributed by atoms with van der Waals surface area (Å²) in [5.74, 6) is 0.256. The predicted octanol–water partition coefficient (Wildman–Crippen LogP) is 5.05. The van der Waals surface area contributed by atoms with Crippen LogP contribution in [0, 0.1) is 13.8 Å². The Kier molecular flexibility index (Phi) is 6.11. The molecule has 0 aliphatic rings. The van der Waals surface area contributed by atoms with Gasteiger partial charge in [0.2, 0.25) is 5.91 Å². The fraction of sp³-hybridized carbons (Fsp3) is 0.217. The van der Waals surface area contributed by atoms with Crippen LogP contribution in [0.3, 0.4) is 0 Å². The molecule has 7 heteroatoms. The number of fused-ring (bicyclic) bond motifs is 1. The van der Waals surface area contributed by atoms with Crippen molar-refractivity contribution in [1.82, 2.24) is 15.0 Å². The van der Waals surface area contributed by atoms with E-state index in [9.17, 15) is 4.79 Å². The Morgan fingerprint density at radius 1 is 1.07 bits per heavy atom. The number of carbonyl (C=O) groups excluding carboxylic acids is 1. The summed E-state index contributed by atoms with van der Waals surface area (Å²) in [6.45, 7) is 3.86. The van der Waals surface area contributed by atoms with Crippen molar-refractivity contribution in [2.75, 3.05) is 17.7 Å². The first kappa shape index (κ1) is 20.5. The molecule has 0 atom stereocenters. The second kappa shape index (κ2) is 8.93. The van der Waals surface area contributed by atoms with E-state index in [0.717, 1.165) is 22.7 Å². The molecule has 5 nitrogen and oxygen atoms in total. The number of benzene rings is 2. The van der Waals surface area contributed by atoms with Crippen LogP contribution in [-0.4, -0.2) is 33.7 Å². The SMILES string of the molecule is Cc1cc(C)nc(SCC(=O)N(C)c2ncc(Cc3cccc4ccccc34)s2)n1. The van der Waals surface area contributed by atoms with Gasteiger partial charge in [0.05, 0.1) is 5.75 Å². The molecule has 2 aromatic carbocycles. The van der Waals surface area contributed by atoms with E-state index in [1.54, 1.807) is 23.3 Å². The lowest BCUT2D eigenvalue weighted by Crippen LogP contribution is -2.27. The average molecular weight is 435 g/mol. The maximum Gasteiger partial charge on any atom is 0.238 e. The van der Waals surface area contributed by atoms with Crippen molar-refractivity contribution < 1.29 is 4.79 Å².